The summed E-state index contributed by atoms with van der Waals surface area (Å²) in [6, 6.07) is 0. The second-order valence-corrected chi connectivity index (χ2v) is 6.65. The van der Waals surface area contributed by atoms with Crippen molar-refractivity contribution in [3.63, 3.8) is 0 Å². The Bertz CT molecular complexity index is 562. The fourth-order valence-electron chi connectivity index (χ4n) is 3.69. The van der Waals surface area contributed by atoms with E-state index in [1.807, 2.05) is 4.90 Å². The van der Waals surface area contributed by atoms with E-state index in [0.717, 1.165) is 56.9 Å². The summed E-state index contributed by atoms with van der Waals surface area (Å²) in [5.41, 5.74) is 2.82. The van der Waals surface area contributed by atoms with E-state index in [2.05, 4.69) is 15.1 Å². The number of rotatable bonds is 3. The second kappa shape index (κ2) is 6.59. The van der Waals surface area contributed by atoms with Crippen LogP contribution < -0.4 is 0 Å². The van der Waals surface area contributed by atoms with Gasteiger partial charge in [-0.1, -0.05) is 0 Å². The quantitative estimate of drug-likeness (QED) is 0.866. The fraction of sp³-hybridized carbons (Fsp3) is 0.750. The molecule has 4 heterocycles. The predicted molar refractivity (Wildman–Crippen MR) is 83.2 cm³/mol. The highest BCUT2D eigenvalue weighted by atomic mass is 16.5. The maximum Gasteiger partial charge on any atom is 0.274 e. The number of amides is 1. The van der Waals surface area contributed by atoms with Gasteiger partial charge in [0.1, 0.15) is 0 Å². The van der Waals surface area contributed by atoms with Crippen LogP contribution in [0.15, 0.2) is 0 Å². The van der Waals surface area contributed by atoms with Gasteiger partial charge in [-0.3, -0.25) is 14.8 Å². The first-order valence-electron chi connectivity index (χ1n) is 8.54. The Hall–Kier alpha value is -1.44. The standard InChI is InChI=1S/C16H24N4O3/c21-16(20-4-7-22-8-5-20)15-13-10-19(3-1-14(13)17-18-15)9-12-2-6-23-11-12/h12H,1-11H2,(H,17,18)/t12-/m1/s1. The highest BCUT2D eigenvalue weighted by Gasteiger charge is 2.30. The first kappa shape index (κ1) is 15.1. The third-order valence-electron chi connectivity index (χ3n) is 5.05. The smallest absolute Gasteiger partial charge is 0.274 e. The van der Waals surface area contributed by atoms with Gasteiger partial charge in [0.05, 0.1) is 19.8 Å². The summed E-state index contributed by atoms with van der Waals surface area (Å²) in [5.74, 6) is 0.665. The van der Waals surface area contributed by atoms with Crippen LogP contribution in [0.25, 0.3) is 0 Å². The Morgan fingerprint density at radius 3 is 2.87 bits per heavy atom. The van der Waals surface area contributed by atoms with Crippen molar-refractivity contribution in [1.82, 2.24) is 20.0 Å². The number of carbonyl (C=O) groups excluding carboxylic acids is 1. The topological polar surface area (TPSA) is 70.7 Å². The van der Waals surface area contributed by atoms with E-state index in [0.29, 0.717) is 37.9 Å². The summed E-state index contributed by atoms with van der Waals surface area (Å²) in [6.45, 7) is 7.19. The van der Waals surface area contributed by atoms with Gasteiger partial charge in [0, 0.05) is 57.0 Å². The Balaban J connectivity index is 1.46. The molecule has 7 nitrogen and oxygen atoms in total. The number of nitrogens with zero attached hydrogens (tertiary/aromatic N) is 3. The lowest BCUT2D eigenvalue weighted by Crippen LogP contribution is -2.42. The van der Waals surface area contributed by atoms with E-state index in [-0.39, 0.29) is 5.91 Å². The molecule has 2 fully saturated rings. The van der Waals surface area contributed by atoms with Crippen molar-refractivity contribution in [2.75, 3.05) is 52.6 Å². The van der Waals surface area contributed by atoms with Gasteiger partial charge >= 0.3 is 0 Å². The Morgan fingerprint density at radius 2 is 2.09 bits per heavy atom. The highest BCUT2D eigenvalue weighted by Crippen LogP contribution is 2.24. The normalized spacial score (nSPS) is 25.6. The molecule has 1 atom stereocenters. The summed E-state index contributed by atoms with van der Waals surface area (Å²) in [4.78, 5) is 17.0. The van der Waals surface area contributed by atoms with Crippen LogP contribution in [-0.4, -0.2) is 78.5 Å². The van der Waals surface area contributed by atoms with E-state index in [1.54, 1.807) is 0 Å². The molecule has 2 saturated heterocycles. The first-order chi connectivity index (χ1) is 11.3. The number of carbonyl (C=O) groups is 1. The van der Waals surface area contributed by atoms with Crippen molar-refractivity contribution < 1.29 is 14.3 Å². The van der Waals surface area contributed by atoms with Crippen LogP contribution in [0.1, 0.15) is 28.2 Å². The fourth-order valence-corrected chi connectivity index (χ4v) is 3.69. The largest absolute Gasteiger partial charge is 0.381 e. The molecule has 126 valence electrons. The number of H-pyrrole nitrogens is 1. The van der Waals surface area contributed by atoms with Gasteiger partial charge in [-0.25, -0.2) is 0 Å². The summed E-state index contributed by atoms with van der Waals surface area (Å²) >= 11 is 0. The lowest BCUT2D eigenvalue weighted by atomic mass is 10.0. The zero-order valence-electron chi connectivity index (χ0n) is 13.4. The third kappa shape index (κ3) is 3.13. The molecule has 23 heavy (non-hydrogen) atoms. The molecule has 1 aromatic heterocycles. The molecule has 0 aliphatic carbocycles. The lowest BCUT2D eigenvalue weighted by molar-refractivity contribution is 0.0297. The summed E-state index contributed by atoms with van der Waals surface area (Å²) in [7, 11) is 0. The lowest BCUT2D eigenvalue weighted by Gasteiger charge is -2.30. The average Bonchev–Trinajstić information content (AvgIpc) is 3.24. The number of ether oxygens (including phenoxy) is 2. The zero-order valence-corrected chi connectivity index (χ0v) is 13.4. The summed E-state index contributed by atoms with van der Waals surface area (Å²) < 4.78 is 10.8. The van der Waals surface area contributed by atoms with E-state index >= 15 is 0 Å². The van der Waals surface area contributed by atoms with E-state index in [1.165, 1.54) is 0 Å². The van der Waals surface area contributed by atoms with E-state index in [4.69, 9.17) is 9.47 Å². The van der Waals surface area contributed by atoms with Crippen molar-refractivity contribution in [2.45, 2.75) is 19.4 Å². The van der Waals surface area contributed by atoms with Crippen molar-refractivity contribution in [1.29, 1.82) is 0 Å². The summed E-state index contributed by atoms with van der Waals surface area (Å²) in [5, 5.41) is 7.41. The molecule has 0 aromatic carbocycles. The number of morpholine rings is 1. The van der Waals surface area contributed by atoms with E-state index in [9.17, 15) is 4.79 Å². The highest BCUT2D eigenvalue weighted by molar-refractivity contribution is 5.94. The van der Waals surface area contributed by atoms with Crippen molar-refractivity contribution in [2.24, 2.45) is 5.92 Å². The number of hydrogen-bond acceptors (Lipinski definition) is 5. The maximum absolute atomic E-state index is 12.7. The predicted octanol–water partition coefficient (Wildman–Crippen LogP) is 0.277. The number of aromatic nitrogens is 2. The zero-order chi connectivity index (χ0) is 15.6. The van der Waals surface area contributed by atoms with Crippen LogP contribution in [0.3, 0.4) is 0 Å². The minimum Gasteiger partial charge on any atom is -0.381 e. The Labute approximate surface area is 135 Å². The van der Waals surface area contributed by atoms with Gasteiger partial charge in [0.2, 0.25) is 0 Å². The van der Waals surface area contributed by atoms with Crippen molar-refractivity contribution >= 4 is 5.91 Å². The van der Waals surface area contributed by atoms with Gasteiger partial charge < -0.3 is 14.4 Å². The number of nitrogens with one attached hydrogen (secondary N) is 1. The van der Waals surface area contributed by atoms with Crippen molar-refractivity contribution in [3.8, 4) is 0 Å². The molecule has 0 radical (unpaired) electrons. The van der Waals surface area contributed by atoms with Crippen LogP contribution in [0.4, 0.5) is 0 Å². The van der Waals surface area contributed by atoms with Crippen LogP contribution in [0, 0.1) is 5.92 Å². The minimum absolute atomic E-state index is 0.0387. The number of hydrogen-bond donors (Lipinski definition) is 1. The number of aromatic amines is 1. The molecule has 3 aliphatic rings. The van der Waals surface area contributed by atoms with Crippen LogP contribution in [0.2, 0.25) is 0 Å². The van der Waals surface area contributed by atoms with E-state index < -0.39 is 0 Å². The molecule has 0 unspecified atom stereocenters. The number of fused-ring (bicyclic) bond motifs is 1. The molecule has 4 rings (SSSR count). The van der Waals surface area contributed by atoms with Gasteiger partial charge in [0.15, 0.2) is 5.69 Å². The van der Waals surface area contributed by atoms with Gasteiger partial charge in [-0.15, -0.1) is 0 Å². The minimum atomic E-state index is 0.0387. The van der Waals surface area contributed by atoms with Gasteiger partial charge in [-0.05, 0) is 12.3 Å². The monoisotopic (exact) mass is 320 g/mol. The molecule has 0 bridgehead atoms. The van der Waals surface area contributed by atoms with Gasteiger partial charge in [0.25, 0.3) is 5.91 Å². The van der Waals surface area contributed by atoms with Crippen LogP contribution in [0.5, 0.6) is 0 Å². The second-order valence-electron chi connectivity index (χ2n) is 6.65. The molecule has 0 spiro atoms. The molecule has 1 N–H and O–H groups in total. The van der Waals surface area contributed by atoms with Crippen LogP contribution >= 0.6 is 0 Å². The Morgan fingerprint density at radius 1 is 1.22 bits per heavy atom. The molecular weight excluding hydrogens is 296 g/mol. The summed E-state index contributed by atoms with van der Waals surface area (Å²) in [6.07, 6.45) is 2.08. The average molecular weight is 320 g/mol. The molecule has 0 saturated carbocycles. The molecule has 3 aliphatic heterocycles. The third-order valence-corrected chi connectivity index (χ3v) is 5.05. The van der Waals surface area contributed by atoms with Crippen LogP contribution in [-0.2, 0) is 22.4 Å². The molecular formula is C16H24N4O3. The first-order valence-corrected chi connectivity index (χ1v) is 8.54. The molecule has 1 amide bonds. The van der Waals surface area contributed by atoms with Gasteiger partial charge in [-0.2, -0.15) is 5.10 Å². The SMILES string of the molecule is O=C(c1n[nH]c2c1CN(C[C@H]1CCOC1)CC2)N1CCOCC1. The maximum atomic E-state index is 12.7. The van der Waals surface area contributed by atoms with Crippen molar-refractivity contribution in [3.05, 3.63) is 17.0 Å². The Kier molecular flexibility index (Phi) is 4.33. The molecule has 7 heteroatoms. The molecule has 1 aromatic rings.